The van der Waals surface area contributed by atoms with Gasteiger partial charge in [-0.2, -0.15) is 5.10 Å². The Kier molecular flexibility index (Phi) is 5.63. The summed E-state index contributed by atoms with van der Waals surface area (Å²) in [4.78, 5) is 17.4. The van der Waals surface area contributed by atoms with Gasteiger partial charge in [0.1, 0.15) is 0 Å². The predicted octanol–water partition coefficient (Wildman–Crippen LogP) is 0.958. The van der Waals surface area contributed by atoms with Crippen LogP contribution >= 0.6 is 0 Å². The maximum absolute atomic E-state index is 13.2. The third-order valence-corrected chi connectivity index (χ3v) is 4.99. The van der Waals surface area contributed by atoms with Crippen LogP contribution in [0.3, 0.4) is 0 Å². The van der Waals surface area contributed by atoms with Crippen molar-refractivity contribution >= 4 is 11.7 Å². The fourth-order valence-electron chi connectivity index (χ4n) is 3.61. The molecule has 0 saturated carbocycles. The van der Waals surface area contributed by atoms with Gasteiger partial charge >= 0.3 is 0 Å². The molecule has 1 amide bonds. The molecule has 0 atom stereocenters. The molecular formula is C17H26N4O3. The highest BCUT2D eigenvalue weighted by molar-refractivity contribution is 5.83. The molecule has 2 saturated heterocycles. The van der Waals surface area contributed by atoms with Crippen LogP contribution in [0, 0.1) is 5.41 Å². The Morgan fingerprint density at radius 3 is 2.83 bits per heavy atom. The number of anilines is 1. The first-order valence-corrected chi connectivity index (χ1v) is 8.64. The molecule has 2 aliphatic heterocycles. The first-order valence-electron chi connectivity index (χ1n) is 8.64. The van der Waals surface area contributed by atoms with Gasteiger partial charge in [-0.15, -0.1) is 5.10 Å². The van der Waals surface area contributed by atoms with Crippen LogP contribution in [0.2, 0.25) is 0 Å². The molecule has 0 aromatic carbocycles. The summed E-state index contributed by atoms with van der Waals surface area (Å²) in [5, 5.41) is 8.13. The summed E-state index contributed by atoms with van der Waals surface area (Å²) in [6.07, 6.45) is 4.09. The molecule has 0 radical (unpaired) electrons. The second kappa shape index (κ2) is 7.90. The first-order chi connectivity index (χ1) is 11.7. The van der Waals surface area contributed by atoms with Crippen LogP contribution in [0.1, 0.15) is 19.3 Å². The Bertz CT molecular complexity index is 528. The van der Waals surface area contributed by atoms with E-state index in [9.17, 15) is 4.79 Å². The largest absolute Gasteiger partial charge is 0.384 e. The van der Waals surface area contributed by atoms with Gasteiger partial charge in [0.05, 0.1) is 12.0 Å². The maximum atomic E-state index is 13.2. The van der Waals surface area contributed by atoms with E-state index in [4.69, 9.17) is 9.47 Å². The highest BCUT2D eigenvalue weighted by atomic mass is 16.5. The Hall–Kier alpha value is -1.73. The highest BCUT2D eigenvalue weighted by Gasteiger charge is 2.42. The minimum Gasteiger partial charge on any atom is -0.384 e. The highest BCUT2D eigenvalue weighted by Crippen LogP contribution is 2.33. The van der Waals surface area contributed by atoms with Crippen molar-refractivity contribution in [2.24, 2.45) is 5.41 Å². The molecule has 0 unspecified atom stereocenters. The predicted molar refractivity (Wildman–Crippen MR) is 89.8 cm³/mol. The van der Waals surface area contributed by atoms with Crippen molar-refractivity contribution in [3.63, 3.8) is 0 Å². The van der Waals surface area contributed by atoms with Gasteiger partial charge in [0.25, 0.3) is 0 Å². The lowest BCUT2D eigenvalue weighted by molar-refractivity contribution is -0.152. The lowest BCUT2D eigenvalue weighted by Gasteiger charge is -2.39. The number of methoxy groups -OCH3 is 1. The van der Waals surface area contributed by atoms with E-state index >= 15 is 0 Å². The standard InChI is InChI=1S/C17H26N4O3/c1-23-14-17(5-12-24-13-6-17)16(22)21-9-3-8-20(10-11-21)15-4-2-7-18-19-15/h2,4,7H,3,5-6,8-14H2,1H3. The summed E-state index contributed by atoms with van der Waals surface area (Å²) in [5.74, 6) is 1.10. The molecule has 1 aromatic heterocycles. The molecule has 0 aliphatic carbocycles. The fraction of sp³-hybridized carbons (Fsp3) is 0.706. The average molecular weight is 334 g/mol. The molecule has 132 valence electrons. The zero-order valence-corrected chi connectivity index (χ0v) is 14.3. The lowest BCUT2D eigenvalue weighted by atomic mass is 9.79. The molecule has 7 heteroatoms. The van der Waals surface area contributed by atoms with Gasteiger partial charge in [0.15, 0.2) is 5.82 Å². The van der Waals surface area contributed by atoms with Crippen LogP contribution in [0.5, 0.6) is 0 Å². The molecule has 0 spiro atoms. The third-order valence-electron chi connectivity index (χ3n) is 4.99. The summed E-state index contributed by atoms with van der Waals surface area (Å²) in [7, 11) is 1.67. The van der Waals surface area contributed by atoms with Crippen LogP contribution < -0.4 is 4.90 Å². The molecule has 2 fully saturated rings. The summed E-state index contributed by atoms with van der Waals surface area (Å²) in [6.45, 7) is 4.90. The second-order valence-electron chi connectivity index (χ2n) is 6.54. The average Bonchev–Trinajstić information content (AvgIpc) is 2.89. The summed E-state index contributed by atoms with van der Waals surface area (Å²) in [6, 6.07) is 3.86. The Morgan fingerprint density at radius 1 is 1.29 bits per heavy atom. The molecule has 3 rings (SSSR count). The van der Waals surface area contributed by atoms with E-state index in [0.717, 1.165) is 44.7 Å². The number of carbonyl (C=O) groups is 1. The summed E-state index contributed by atoms with van der Waals surface area (Å²) in [5.41, 5.74) is -0.422. The Labute approximate surface area is 142 Å². The van der Waals surface area contributed by atoms with Crippen LogP contribution in [-0.4, -0.2) is 74.1 Å². The number of nitrogens with zero attached hydrogens (tertiary/aromatic N) is 4. The van der Waals surface area contributed by atoms with Crippen molar-refractivity contribution in [1.29, 1.82) is 0 Å². The van der Waals surface area contributed by atoms with Gasteiger partial charge in [0, 0.05) is 52.7 Å². The number of carbonyl (C=O) groups excluding carboxylic acids is 1. The number of hydrogen-bond donors (Lipinski definition) is 0. The molecular weight excluding hydrogens is 308 g/mol. The van der Waals surface area contributed by atoms with Crippen LogP contribution in [0.25, 0.3) is 0 Å². The number of hydrogen-bond acceptors (Lipinski definition) is 6. The van der Waals surface area contributed by atoms with Crippen LogP contribution in [0.4, 0.5) is 5.82 Å². The monoisotopic (exact) mass is 334 g/mol. The smallest absolute Gasteiger partial charge is 0.231 e. The van der Waals surface area contributed by atoms with E-state index in [1.165, 1.54) is 0 Å². The van der Waals surface area contributed by atoms with E-state index in [1.807, 2.05) is 17.0 Å². The van der Waals surface area contributed by atoms with Crippen molar-refractivity contribution in [2.45, 2.75) is 19.3 Å². The zero-order chi connectivity index (χ0) is 16.8. The van der Waals surface area contributed by atoms with Crippen molar-refractivity contribution in [3.8, 4) is 0 Å². The third kappa shape index (κ3) is 3.67. The lowest BCUT2D eigenvalue weighted by Crippen LogP contribution is -2.50. The first kappa shape index (κ1) is 17.1. The molecule has 1 aromatic rings. The topological polar surface area (TPSA) is 67.8 Å². The zero-order valence-electron chi connectivity index (χ0n) is 14.3. The van der Waals surface area contributed by atoms with Crippen molar-refractivity contribution in [2.75, 3.05) is 58.0 Å². The Balaban J connectivity index is 1.67. The minimum atomic E-state index is -0.422. The van der Waals surface area contributed by atoms with Gasteiger partial charge in [-0.3, -0.25) is 4.79 Å². The molecule has 7 nitrogen and oxygen atoms in total. The Morgan fingerprint density at radius 2 is 2.12 bits per heavy atom. The SMILES string of the molecule is COCC1(C(=O)N2CCCN(c3cccnn3)CC2)CCOCC1. The van der Waals surface area contributed by atoms with E-state index in [0.29, 0.717) is 26.4 Å². The summed E-state index contributed by atoms with van der Waals surface area (Å²) < 4.78 is 10.8. The van der Waals surface area contributed by atoms with Crippen molar-refractivity contribution in [1.82, 2.24) is 15.1 Å². The minimum absolute atomic E-state index is 0.216. The second-order valence-corrected chi connectivity index (χ2v) is 6.54. The number of rotatable bonds is 4. The normalized spacial score (nSPS) is 21.4. The van der Waals surface area contributed by atoms with Gasteiger partial charge in [0.2, 0.25) is 5.91 Å². The summed E-state index contributed by atoms with van der Waals surface area (Å²) >= 11 is 0. The van der Waals surface area contributed by atoms with Crippen LogP contribution in [-0.2, 0) is 14.3 Å². The maximum Gasteiger partial charge on any atom is 0.231 e. The van der Waals surface area contributed by atoms with Crippen molar-refractivity contribution in [3.05, 3.63) is 18.3 Å². The molecule has 0 N–H and O–H groups in total. The van der Waals surface area contributed by atoms with Gasteiger partial charge in [-0.05, 0) is 31.4 Å². The molecule has 0 bridgehead atoms. The van der Waals surface area contributed by atoms with Gasteiger partial charge in [-0.25, -0.2) is 0 Å². The number of aromatic nitrogens is 2. The van der Waals surface area contributed by atoms with E-state index in [1.54, 1.807) is 13.3 Å². The van der Waals surface area contributed by atoms with Crippen molar-refractivity contribution < 1.29 is 14.3 Å². The van der Waals surface area contributed by atoms with Crippen LogP contribution in [0.15, 0.2) is 18.3 Å². The molecule has 3 heterocycles. The quantitative estimate of drug-likeness (QED) is 0.817. The fourth-order valence-corrected chi connectivity index (χ4v) is 3.61. The number of amides is 1. The molecule has 24 heavy (non-hydrogen) atoms. The van der Waals surface area contributed by atoms with Gasteiger partial charge < -0.3 is 19.3 Å². The number of ether oxygens (including phenoxy) is 2. The van der Waals surface area contributed by atoms with E-state index in [2.05, 4.69) is 15.1 Å². The van der Waals surface area contributed by atoms with E-state index < -0.39 is 5.41 Å². The van der Waals surface area contributed by atoms with Gasteiger partial charge in [-0.1, -0.05) is 0 Å². The van der Waals surface area contributed by atoms with E-state index in [-0.39, 0.29) is 5.91 Å². The molecule has 2 aliphatic rings.